The zero-order valence-corrected chi connectivity index (χ0v) is 7.96. The van der Waals surface area contributed by atoms with Gasteiger partial charge in [-0.2, -0.15) is 0 Å². The molecule has 0 bridgehead atoms. The lowest BCUT2D eigenvalue weighted by molar-refractivity contribution is 0.0349. The Hall–Kier alpha value is -0.120. The summed E-state index contributed by atoms with van der Waals surface area (Å²) in [6.45, 7) is 7.07. The van der Waals surface area contributed by atoms with E-state index in [0.717, 1.165) is 39.3 Å². The van der Waals surface area contributed by atoms with Gasteiger partial charge in [0.1, 0.15) is 0 Å². The summed E-state index contributed by atoms with van der Waals surface area (Å²) in [7, 11) is 0. The molecule has 0 aliphatic carbocycles. The van der Waals surface area contributed by atoms with Crippen molar-refractivity contribution >= 4 is 0 Å². The van der Waals surface area contributed by atoms with Crippen molar-refractivity contribution in [3.63, 3.8) is 0 Å². The first-order valence-corrected chi connectivity index (χ1v) is 4.88. The maximum Gasteiger partial charge on any atom is 0.0594 e. The highest BCUT2D eigenvalue weighted by Gasteiger charge is 2.12. The fourth-order valence-electron chi connectivity index (χ4n) is 1.58. The molecule has 1 heterocycles. The highest BCUT2D eigenvalue weighted by Crippen LogP contribution is 2.00. The first-order valence-electron chi connectivity index (χ1n) is 4.88. The zero-order valence-electron chi connectivity index (χ0n) is 7.96. The van der Waals surface area contributed by atoms with E-state index in [2.05, 4.69) is 11.8 Å². The second-order valence-electron chi connectivity index (χ2n) is 3.46. The number of rotatable bonds is 4. The minimum atomic E-state index is 0.355. The van der Waals surface area contributed by atoms with Crippen LogP contribution in [-0.4, -0.2) is 43.8 Å². The van der Waals surface area contributed by atoms with Gasteiger partial charge in [0.15, 0.2) is 0 Å². The number of ether oxygens (including phenoxy) is 1. The van der Waals surface area contributed by atoms with Crippen LogP contribution in [0.2, 0.25) is 0 Å². The maximum atomic E-state index is 5.93. The van der Waals surface area contributed by atoms with Crippen LogP contribution in [0.4, 0.5) is 0 Å². The van der Waals surface area contributed by atoms with E-state index in [9.17, 15) is 0 Å². The van der Waals surface area contributed by atoms with E-state index in [4.69, 9.17) is 10.5 Å². The molecule has 0 radical (unpaired) electrons. The molecule has 1 aliphatic rings. The molecular formula is C9H20N2O. The van der Waals surface area contributed by atoms with Crippen molar-refractivity contribution in [2.75, 3.05) is 32.8 Å². The van der Waals surface area contributed by atoms with E-state index in [1.165, 1.54) is 6.42 Å². The molecule has 0 amide bonds. The van der Waals surface area contributed by atoms with Crippen LogP contribution < -0.4 is 5.73 Å². The summed E-state index contributed by atoms with van der Waals surface area (Å²) in [5.74, 6) is 0. The summed E-state index contributed by atoms with van der Waals surface area (Å²) in [5.41, 5.74) is 5.93. The van der Waals surface area contributed by atoms with E-state index in [1.807, 2.05) is 0 Å². The first-order chi connectivity index (χ1) is 5.83. The van der Waals surface area contributed by atoms with Crippen LogP contribution in [0.5, 0.6) is 0 Å². The van der Waals surface area contributed by atoms with E-state index >= 15 is 0 Å². The van der Waals surface area contributed by atoms with E-state index < -0.39 is 0 Å². The number of hydrogen-bond acceptors (Lipinski definition) is 3. The Bertz CT molecular complexity index is 113. The highest BCUT2D eigenvalue weighted by atomic mass is 16.5. The SMILES string of the molecule is CCCC(N)CN1CCOCC1. The predicted octanol–water partition coefficient (Wildman–Crippen LogP) is 0.446. The smallest absolute Gasteiger partial charge is 0.0594 e. The lowest BCUT2D eigenvalue weighted by Crippen LogP contribution is -2.43. The summed E-state index contributed by atoms with van der Waals surface area (Å²) in [6, 6.07) is 0.355. The van der Waals surface area contributed by atoms with Gasteiger partial charge in [-0.1, -0.05) is 13.3 Å². The molecule has 1 atom stereocenters. The van der Waals surface area contributed by atoms with Gasteiger partial charge in [-0.15, -0.1) is 0 Å². The Kier molecular flexibility index (Phi) is 4.58. The normalized spacial score (nSPS) is 22.5. The Balaban J connectivity index is 2.11. The average molecular weight is 172 g/mol. The second-order valence-corrected chi connectivity index (χ2v) is 3.46. The first kappa shape index (κ1) is 9.96. The van der Waals surface area contributed by atoms with Crippen molar-refractivity contribution in [2.45, 2.75) is 25.8 Å². The largest absolute Gasteiger partial charge is 0.379 e. The van der Waals surface area contributed by atoms with Gasteiger partial charge in [-0.05, 0) is 6.42 Å². The van der Waals surface area contributed by atoms with Crippen LogP contribution in [0, 0.1) is 0 Å². The van der Waals surface area contributed by atoms with Crippen LogP contribution in [0.25, 0.3) is 0 Å². The third-order valence-corrected chi connectivity index (χ3v) is 2.26. The number of nitrogens with zero attached hydrogens (tertiary/aromatic N) is 1. The summed E-state index contributed by atoms with van der Waals surface area (Å²) < 4.78 is 5.26. The van der Waals surface area contributed by atoms with Crippen LogP contribution in [0.15, 0.2) is 0 Å². The van der Waals surface area contributed by atoms with Gasteiger partial charge >= 0.3 is 0 Å². The molecule has 1 unspecified atom stereocenters. The highest BCUT2D eigenvalue weighted by molar-refractivity contribution is 4.69. The quantitative estimate of drug-likeness (QED) is 0.669. The molecule has 12 heavy (non-hydrogen) atoms. The molecule has 0 aromatic heterocycles. The lowest BCUT2D eigenvalue weighted by Gasteiger charge is -2.28. The minimum Gasteiger partial charge on any atom is -0.379 e. The monoisotopic (exact) mass is 172 g/mol. The molecular weight excluding hydrogens is 152 g/mol. The van der Waals surface area contributed by atoms with Crippen LogP contribution in [-0.2, 0) is 4.74 Å². The van der Waals surface area contributed by atoms with Crippen molar-refractivity contribution in [2.24, 2.45) is 5.73 Å². The third-order valence-electron chi connectivity index (χ3n) is 2.26. The van der Waals surface area contributed by atoms with Gasteiger partial charge in [-0.3, -0.25) is 4.90 Å². The Morgan fingerprint density at radius 2 is 2.08 bits per heavy atom. The van der Waals surface area contributed by atoms with Crippen molar-refractivity contribution in [3.05, 3.63) is 0 Å². The third kappa shape index (κ3) is 3.52. The average Bonchev–Trinajstić information content (AvgIpc) is 2.06. The molecule has 0 spiro atoms. The minimum absolute atomic E-state index is 0.355. The number of nitrogens with two attached hydrogens (primary N) is 1. The molecule has 72 valence electrons. The number of hydrogen-bond donors (Lipinski definition) is 1. The molecule has 2 N–H and O–H groups in total. The fourth-order valence-corrected chi connectivity index (χ4v) is 1.58. The van der Waals surface area contributed by atoms with Gasteiger partial charge in [0.05, 0.1) is 13.2 Å². The zero-order chi connectivity index (χ0) is 8.81. The van der Waals surface area contributed by atoms with Gasteiger partial charge in [0.2, 0.25) is 0 Å². The number of morpholine rings is 1. The topological polar surface area (TPSA) is 38.5 Å². The molecule has 3 heteroatoms. The van der Waals surface area contributed by atoms with E-state index in [0.29, 0.717) is 6.04 Å². The van der Waals surface area contributed by atoms with Crippen molar-refractivity contribution < 1.29 is 4.74 Å². The Labute approximate surface area is 74.9 Å². The standard InChI is InChI=1S/C9H20N2O/c1-2-3-9(10)8-11-4-6-12-7-5-11/h9H,2-8,10H2,1H3. The molecule has 1 saturated heterocycles. The van der Waals surface area contributed by atoms with Gasteiger partial charge in [0, 0.05) is 25.7 Å². The van der Waals surface area contributed by atoms with E-state index in [-0.39, 0.29) is 0 Å². The van der Waals surface area contributed by atoms with E-state index in [1.54, 1.807) is 0 Å². The summed E-state index contributed by atoms with van der Waals surface area (Å²) in [5, 5.41) is 0. The second kappa shape index (κ2) is 5.51. The fraction of sp³-hybridized carbons (Fsp3) is 1.00. The molecule has 3 nitrogen and oxygen atoms in total. The lowest BCUT2D eigenvalue weighted by atomic mass is 10.1. The van der Waals surface area contributed by atoms with Crippen LogP contribution in [0.1, 0.15) is 19.8 Å². The molecule has 0 aromatic rings. The van der Waals surface area contributed by atoms with Gasteiger partial charge < -0.3 is 10.5 Å². The van der Waals surface area contributed by atoms with Crippen molar-refractivity contribution in [1.29, 1.82) is 0 Å². The summed E-state index contributed by atoms with van der Waals surface area (Å²) in [4.78, 5) is 2.39. The summed E-state index contributed by atoms with van der Waals surface area (Å²) in [6.07, 6.45) is 2.32. The molecule has 1 aliphatic heterocycles. The Morgan fingerprint density at radius 1 is 1.42 bits per heavy atom. The van der Waals surface area contributed by atoms with Crippen LogP contribution >= 0.6 is 0 Å². The molecule has 1 fully saturated rings. The molecule has 0 aromatic carbocycles. The molecule has 0 saturated carbocycles. The predicted molar refractivity (Wildman–Crippen MR) is 50.1 cm³/mol. The van der Waals surface area contributed by atoms with Gasteiger partial charge in [-0.25, -0.2) is 0 Å². The Morgan fingerprint density at radius 3 is 2.67 bits per heavy atom. The van der Waals surface area contributed by atoms with Crippen molar-refractivity contribution in [1.82, 2.24) is 4.90 Å². The van der Waals surface area contributed by atoms with Crippen molar-refractivity contribution in [3.8, 4) is 0 Å². The molecule has 1 rings (SSSR count). The summed E-state index contributed by atoms with van der Waals surface area (Å²) >= 11 is 0. The van der Waals surface area contributed by atoms with Gasteiger partial charge in [0.25, 0.3) is 0 Å². The maximum absolute atomic E-state index is 5.93. The van der Waals surface area contributed by atoms with Crippen LogP contribution in [0.3, 0.4) is 0 Å².